The van der Waals surface area contributed by atoms with Crippen molar-refractivity contribution in [2.45, 2.75) is 13.8 Å². The molecule has 17 heavy (non-hydrogen) atoms. The first kappa shape index (κ1) is 11.3. The largest absolute Gasteiger partial charge is 0.478 e. The van der Waals surface area contributed by atoms with Gasteiger partial charge in [0.1, 0.15) is 5.82 Å². The number of carboxylic acid groups (broad SMARTS) is 1. The van der Waals surface area contributed by atoms with E-state index in [1.807, 2.05) is 13.8 Å². The SMILES string of the molecule is Cc1ncn(-c2ccc(F)cc2C(=O)O)c1C. The van der Waals surface area contributed by atoms with Crippen LogP contribution in [0.15, 0.2) is 24.5 Å². The number of halogens is 1. The van der Waals surface area contributed by atoms with E-state index >= 15 is 0 Å². The van der Waals surface area contributed by atoms with Crippen LogP contribution in [-0.2, 0) is 0 Å². The van der Waals surface area contributed by atoms with Gasteiger partial charge in [-0.15, -0.1) is 0 Å². The number of imidazole rings is 1. The minimum absolute atomic E-state index is 0.0782. The standard InChI is InChI=1S/C12H11FN2O2/c1-7-8(2)15(6-14-7)11-4-3-9(13)5-10(11)12(16)17/h3-6H,1-2H3,(H,16,17). The van der Waals surface area contributed by atoms with E-state index in [0.29, 0.717) is 5.69 Å². The Hall–Kier alpha value is -2.17. The van der Waals surface area contributed by atoms with Gasteiger partial charge in [0.2, 0.25) is 0 Å². The highest BCUT2D eigenvalue weighted by molar-refractivity contribution is 5.92. The summed E-state index contributed by atoms with van der Waals surface area (Å²) in [6.07, 6.45) is 1.53. The number of aromatic nitrogens is 2. The van der Waals surface area contributed by atoms with E-state index in [2.05, 4.69) is 4.98 Å². The average Bonchev–Trinajstić information content (AvgIpc) is 2.60. The van der Waals surface area contributed by atoms with E-state index in [1.54, 1.807) is 4.57 Å². The zero-order valence-electron chi connectivity index (χ0n) is 9.44. The van der Waals surface area contributed by atoms with Gasteiger partial charge in [0.05, 0.1) is 23.3 Å². The second-order valence-electron chi connectivity index (χ2n) is 3.75. The zero-order valence-corrected chi connectivity index (χ0v) is 9.44. The molecule has 0 saturated carbocycles. The van der Waals surface area contributed by atoms with Crippen LogP contribution in [0.1, 0.15) is 21.7 Å². The number of aromatic carboxylic acids is 1. The van der Waals surface area contributed by atoms with Crippen LogP contribution in [0.4, 0.5) is 4.39 Å². The molecule has 1 aromatic carbocycles. The first-order valence-electron chi connectivity index (χ1n) is 5.04. The summed E-state index contributed by atoms with van der Waals surface area (Å²) < 4.78 is 14.7. The Morgan fingerprint density at radius 1 is 1.41 bits per heavy atom. The summed E-state index contributed by atoms with van der Waals surface area (Å²) >= 11 is 0. The molecule has 0 amide bonds. The van der Waals surface area contributed by atoms with Crippen molar-refractivity contribution in [3.8, 4) is 5.69 Å². The van der Waals surface area contributed by atoms with Crippen LogP contribution >= 0.6 is 0 Å². The molecule has 0 bridgehead atoms. The van der Waals surface area contributed by atoms with Crippen LogP contribution in [0.3, 0.4) is 0 Å². The van der Waals surface area contributed by atoms with Crippen molar-refractivity contribution in [1.29, 1.82) is 0 Å². The Kier molecular flexibility index (Phi) is 2.67. The highest BCUT2D eigenvalue weighted by Gasteiger charge is 2.14. The van der Waals surface area contributed by atoms with Gasteiger partial charge in [-0.1, -0.05) is 0 Å². The minimum atomic E-state index is -1.16. The lowest BCUT2D eigenvalue weighted by molar-refractivity contribution is 0.0696. The lowest BCUT2D eigenvalue weighted by Crippen LogP contribution is -2.06. The number of rotatable bonds is 2. The molecule has 0 saturated heterocycles. The summed E-state index contributed by atoms with van der Waals surface area (Å²) in [5, 5.41) is 9.05. The van der Waals surface area contributed by atoms with Gasteiger partial charge in [-0.05, 0) is 32.0 Å². The zero-order chi connectivity index (χ0) is 12.6. The molecule has 0 atom stereocenters. The van der Waals surface area contributed by atoms with Crippen LogP contribution in [0.25, 0.3) is 5.69 Å². The lowest BCUT2D eigenvalue weighted by atomic mass is 10.1. The van der Waals surface area contributed by atoms with Crippen LogP contribution < -0.4 is 0 Å². The summed E-state index contributed by atoms with van der Waals surface area (Å²) in [4.78, 5) is 15.2. The number of nitrogens with zero attached hydrogens (tertiary/aromatic N) is 2. The molecular formula is C12H11FN2O2. The number of hydrogen-bond donors (Lipinski definition) is 1. The fraction of sp³-hybridized carbons (Fsp3) is 0.167. The van der Waals surface area contributed by atoms with Gasteiger partial charge < -0.3 is 9.67 Å². The second-order valence-corrected chi connectivity index (χ2v) is 3.75. The number of aryl methyl sites for hydroxylation is 1. The lowest BCUT2D eigenvalue weighted by Gasteiger charge is -2.09. The first-order valence-corrected chi connectivity index (χ1v) is 5.04. The van der Waals surface area contributed by atoms with Crippen molar-refractivity contribution in [3.05, 3.63) is 47.3 Å². The van der Waals surface area contributed by atoms with E-state index in [1.165, 1.54) is 18.5 Å². The maximum absolute atomic E-state index is 13.0. The normalized spacial score (nSPS) is 10.5. The van der Waals surface area contributed by atoms with Crippen molar-refractivity contribution in [2.24, 2.45) is 0 Å². The molecule has 0 aliphatic rings. The number of carboxylic acids is 1. The van der Waals surface area contributed by atoms with E-state index in [4.69, 9.17) is 5.11 Å². The van der Waals surface area contributed by atoms with Gasteiger partial charge in [-0.25, -0.2) is 14.2 Å². The van der Waals surface area contributed by atoms with Gasteiger partial charge >= 0.3 is 5.97 Å². The molecule has 1 N–H and O–H groups in total. The minimum Gasteiger partial charge on any atom is -0.478 e. The molecule has 2 aromatic rings. The third-order valence-electron chi connectivity index (χ3n) is 2.70. The smallest absolute Gasteiger partial charge is 0.337 e. The van der Waals surface area contributed by atoms with Crippen LogP contribution in [0.5, 0.6) is 0 Å². The number of carbonyl (C=O) groups is 1. The molecule has 0 radical (unpaired) electrons. The third-order valence-corrected chi connectivity index (χ3v) is 2.70. The Bertz CT molecular complexity index is 590. The van der Waals surface area contributed by atoms with E-state index in [0.717, 1.165) is 17.5 Å². The predicted octanol–water partition coefficient (Wildman–Crippen LogP) is 2.33. The Labute approximate surface area is 97.3 Å². The van der Waals surface area contributed by atoms with Crippen molar-refractivity contribution in [1.82, 2.24) is 9.55 Å². The van der Waals surface area contributed by atoms with Crippen LogP contribution in [0.2, 0.25) is 0 Å². The maximum atomic E-state index is 13.0. The molecule has 0 aliphatic heterocycles. The summed E-state index contributed by atoms with van der Waals surface area (Å²) in [6.45, 7) is 3.66. The van der Waals surface area contributed by atoms with Gasteiger partial charge in [0, 0.05) is 5.69 Å². The molecule has 2 rings (SSSR count). The topological polar surface area (TPSA) is 55.1 Å². The maximum Gasteiger partial charge on any atom is 0.337 e. The van der Waals surface area contributed by atoms with Crippen molar-refractivity contribution in [2.75, 3.05) is 0 Å². The molecule has 5 heteroatoms. The highest BCUT2D eigenvalue weighted by atomic mass is 19.1. The van der Waals surface area contributed by atoms with Gasteiger partial charge in [-0.2, -0.15) is 0 Å². The summed E-state index contributed by atoms with van der Waals surface area (Å²) in [7, 11) is 0. The second kappa shape index (κ2) is 4.01. The molecule has 0 unspecified atom stereocenters. The molecule has 4 nitrogen and oxygen atoms in total. The first-order chi connectivity index (χ1) is 8.00. The fourth-order valence-corrected chi connectivity index (χ4v) is 1.63. The molecule has 0 spiro atoms. The van der Waals surface area contributed by atoms with Crippen LogP contribution in [0, 0.1) is 19.7 Å². The summed E-state index contributed by atoms with van der Waals surface area (Å²) in [5.74, 6) is -1.73. The molecule has 0 aliphatic carbocycles. The van der Waals surface area contributed by atoms with Crippen LogP contribution in [-0.4, -0.2) is 20.6 Å². The van der Waals surface area contributed by atoms with Gasteiger partial charge in [-0.3, -0.25) is 0 Å². The number of hydrogen-bond acceptors (Lipinski definition) is 2. The predicted molar refractivity (Wildman–Crippen MR) is 60.0 cm³/mol. The summed E-state index contributed by atoms with van der Waals surface area (Å²) in [5.41, 5.74) is 1.98. The molecular weight excluding hydrogens is 223 g/mol. The molecule has 88 valence electrons. The van der Waals surface area contributed by atoms with Crippen molar-refractivity contribution >= 4 is 5.97 Å². The molecule has 1 aromatic heterocycles. The van der Waals surface area contributed by atoms with E-state index < -0.39 is 11.8 Å². The third kappa shape index (κ3) is 1.91. The van der Waals surface area contributed by atoms with Gasteiger partial charge in [0.25, 0.3) is 0 Å². The van der Waals surface area contributed by atoms with Gasteiger partial charge in [0.15, 0.2) is 0 Å². The molecule has 1 heterocycles. The quantitative estimate of drug-likeness (QED) is 0.867. The molecule has 0 fully saturated rings. The van der Waals surface area contributed by atoms with Crippen molar-refractivity contribution < 1.29 is 14.3 Å². The average molecular weight is 234 g/mol. The summed E-state index contributed by atoms with van der Waals surface area (Å²) in [6, 6.07) is 3.68. The Morgan fingerprint density at radius 2 is 2.12 bits per heavy atom. The van der Waals surface area contributed by atoms with E-state index in [9.17, 15) is 9.18 Å². The van der Waals surface area contributed by atoms with E-state index in [-0.39, 0.29) is 5.56 Å². The highest BCUT2D eigenvalue weighted by Crippen LogP contribution is 2.19. The van der Waals surface area contributed by atoms with Crippen molar-refractivity contribution in [3.63, 3.8) is 0 Å². The Balaban J connectivity index is 2.67. The fourth-order valence-electron chi connectivity index (χ4n) is 1.63. The number of benzene rings is 1. The Morgan fingerprint density at radius 3 is 2.65 bits per heavy atom. The monoisotopic (exact) mass is 234 g/mol.